The van der Waals surface area contributed by atoms with E-state index in [0.717, 1.165) is 15.4 Å². The molecule has 0 radical (unpaired) electrons. The molecule has 0 spiro atoms. The van der Waals surface area contributed by atoms with E-state index in [2.05, 4.69) is 5.32 Å². The molecule has 3 rings (SSSR count). The molecule has 0 fully saturated rings. The highest BCUT2D eigenvalue weighted by atomic mass is 32.2. The fraction of sp³-hybridized carbons (Fsp3) is 0.394. The molecule has 0 heterocycles. The van der Waals surface area contributed by atoms with Crippen LogP contribution in [0, 0.1) is 6.92 Å². The van der Waals surface area contributed by atoms with E-state index in [1.54, 1.807) is 24.3 Å². The molecule has 1 unspecified atom stereocenters. The smallest absolute Gasteiger partial charge is 0.264 e. The first-order valence-corrected chi connectivity index (χ1v) is 16.0. The van der Waals surface area contributed by atoms with Gasteiger partial charge in [-0.25, -0.2) is 8.42 Å². The average Bonchev–Trinajstić information content (AvgIpc) is 2.99. The van der Waals surface area contributed by atoms with Crippen LogP contribution in [0.15, 0.2) is 71.6 Å². The van der Waals surface area contributed by atoms with Crippen molar-refractivity contribution < 1.29 is 32.2 Å². The molecular formula is C33H43N3O7S. The van der Waals surface area contributed by atoms with E-state index < -0.39 is 28.5 Å². The van der Waals surface area contributed by atoms with Crippen molar-refractivity contribution in [3.05, 3.63) is 77.9 Å². The summed E-state index contributed by atoms with van der Waals surface area (Å²) in [6, 6.07) is 17.4. The van der Waals surface area contributed by atoms with Crippen LogP contribution >= 0.6 is 0 Å². The number of hydrogen-bond acceptors (Lipinski definition) is 7. The Morgan fingerprint density at radius 1 is 0.909 bits per heavy atom. The third-order valence-corrected chi connectivity index (χ3v) is 8.68. The third-order valence-electron chi connectivity index (χ3n) is 6.91. The monoisotopic (exact) mass is 625 g/mol. The Labute approximate surface area is 261 Å². The predicted molar refractivity (Wildman–Crippen MR) is 171 cm³/mol. The summed E-state index contributed by atoms with van der Waals surface area (Å²) in [6.45, 7) is 9.33. The lowest BCUT2D eigenvalue weighted by atomic mass is 10.1. The number of nitrogens with zero attached hydrogens (tertiary/aromatic N) is 2. The average molecular weight is 626 g/mol. The van der Waals surface area contributed by atoms with Crippen LogP contribution in [-0.4, -0.2) is 64.6 Å². The molecule has 0 aliphatic rings. The van der Waals surface area contributed by atoms with Crippen molar-refractivity contribution in [2.24, 2.45) is 0 Å². The van der Waals surface area contributed by atoms with Gasteiger partial charge < -0.3 is 24.4 Å². The van der Waals surface area contributed by atoms with Gasteiger partial charge in [0.05, 0.1) is 31.4 Å². The second-order valence-corrected chi connectivity index (χ2v) is 12.4. The number of aryl methyl sites for hydroxylation is 1. The number of amides is 2. The molecule has 0 aromatic heterocycles. The summed E-state index contributed by atoms with van der Waals surface area (Å²) in [7, 11) is -1.44. The second kappa shape index (κ2) is 15.5. The van der Waals surface area contributed by atoms with Gasteiger partial charge >= 0.3 is 0 Å². The maximum atomic E-state index is 14.2. The molecule has 1 atom stereocenters. The molecule has 3 aromatic carbocycles. The van der Waals surface area contributed by atoms with Crippen molar-refractivity contribution >= 4 is 27.5 Å². The minimum Gasteiger partial charge on any atom is -0.494 e. The summed E-state index contributed by atoms with van der Waals surface area (Å²) in [5.74, 6) is 0.308. The molecule has 0 aliphatic carbocycles. The van der Waals surface area contributed by atoms with Crippen LogP contribution in [0.3, 0.4) is 0 Å². The third kappa shape index (κ3) is 8.43. The van der Waals surface area contributed by atoms with Gasteiger partial charge in [-0.15, -0.1) is 0 Å². The lowest BCUT2D eigenvalue weighted by Gasteiger charge is -2.33. The predicted octanol–water partition coefficient (Wildman–Crippen LogP) is 4.94. The summed E-state index contributed by atoms with van der Waals surface area (Å²) in [4.78, 5) is 28.9. The first-order chi connectivity index (χ1) is 20.9. The topological polar surface area (TPSA) is 114 Å². The number of benzene rings is 3. The molecule has 44 heavy (non-hydrogen) atoms. The second-order valence-electron chi connectivity index (χ2n) is 10.6. The summed E-state index contributed by atoms with van der Waals surface area (Å²) in [5, 5.41) is 2.90. The van der Waals surface area contributed by atoms with E-state index in [9.17, 15) is 18.0 Å². The number of methoxy groups -OCH3 is 2. The zero-order valence-electron chi connectivity index (χ0n) is 26.5. The zero-order valence-corrected chi connectivity index (χ0v) is 27.3. The molecule has 238 valence electrons. The standard InChI is InChI=1S/C33H43N3O7S/c1-8-29(33(38)34-23(3)4)35(21-25-12-10-11-24(5)19-25)32(37)22-36(26-13-15-27(16-14-26)43-9-2)44(39,40)28-17-18-30(41-6)31(20-28)42-7/h10-20,23,29H,8-9,21-22H2,1-7H3,(H,34,38). The van der Waals surface area contributed by atoms with Gasteiger partial charge in [-0.2, -0.15) is 0 Å². The van der Waals surface area contributed by atoms with Gasteiger partial charge in [0.15, 0.2) is 11.5 Å². The number of ether oxygens (including phenoxy) is 3. The SMILES string of the molecule is CCOc1ccc(N(CC(=O)N(Cc2cccc(C)c2)C(CC)C(=O)NC(C)C)S(=O)(=O)c2ccc(OC)c(OC)c2)cc1. The fourth-order valence-electron chi connectivity index (χ4n) is 4.82. The number of rotatable bonds is 15. The van der Waals surface area contributed by atoms with E-state index in [0.29, 0.717) is 24.5 Å². The minimum atomic E-state index is -4.31. The van der Waals surface area contributed by atoms with E-state index in [1.165, 1.54) is 37.3 Å². The van der Waals surface area contributed by atoms with Gasteiger partial charge in [-0.1, -0.05) is 36.8 Å². The van der Waals surface area contributed by atoms with Gasteiger partial charge in [-0.05, 0) is 76.1 Å². The normalized spacial score (nSPS) is 11.9. The van der Waals surface area contributed by atoms with Gasteiger partial charge in [0.1, 0.15) is 18.3 Å². The van der Waals surface area contributed by atoms with Gasteiger partial charge in [0.2, 0.25) is 11.8 Å². The highest BCUT2D eigenvalue weighted by Crippen LogP contribution is 2.33. The number of sulfonamides is 1. The van der Waals surface area contributed by atoms with Crippen molar-refractivity contribution in [1.29, 1.82) is 0 Å². The van der Waals surface area contributed by atoms with Crippen LogP contribution in [0.2, 0.25) is 0 Å². The molecule has 10 nitrogen and oxygen atoms in total. The van der Waals surface area contributed by atoms with E-state index >= 15 is 0 Å². The number of anilines is 1. The van der Waals surface area contributed by atoms with Crippen molar-refractivity contribution in [3.63, 3.8) is 0 Å². The van der Waals surface area contributed by atoms with Crippen LogP contribution in [-0.2, 0) is 26.2 Å². The molecule has 3 aromatic rings. The van der Waals surface area contributed by atoms with Crippen molar-refractivity contribution in [2.45, 2.75) is 64.6 Å². The van der Waals surface area contributed by atoms with Crippen LogP contribution in [0.4, 0.5) is 5.69 Å². The summed E-state index contributed by atoms with van der Waals surface area (Å²) in [6.07, 6.45) is 0.335. The Balaban J connectivity index is 2.12. The minimum absolute atomic E-state index is 0.0911. The molecule has 0 saturated heterocycles. The Morgan fingerprint density at radius 2 is 1.59 bits per heavy atom. The van der Waals surface area contributed by atoms with Gasteiger partial charge in [0.25, 0.3) is 10.0 Å². The summed E-state index contributed by atoms with van der Waals surface area (Å²) >= 11 is 0. The Hall–Kier alpha value is -4.25. The lowest BCUT2D eigenvalue weighted by molar-refractivity contribution is -0.140. The van der Waals surface area contributed by atoms with Crippen LogP contribution in [0.5, 0.6) is 17.2 Å². The molecular weight excluding hydrogens is 582 g/mol. The Morgan fingerprint density at radius 3 is 2.16 bits per heavy atom. The van der Waals surface area contributed by atoms with Crippen LogP contribution in [0.1, 0.15) is 45.2 Å². The summed E-state index contributed by atoms with van der Waals surface area (Å²) < 4.78 is 45.7. The number of hydrogen-bond donors (Lipinski definition) is 1. The molecule has 11 heteroatoms. The fourth-order valence-corrected chi connectivity index (χ4v) is 6.25. The van der Waals surface area contributed by atoms with Crippen LogP contribution in [0.25, 0.3) is 0 Å². The summed E-state index contributed by atoms with van der Waals surface area (Å²) in [5.41, 5.74) is 2.08. The first-order valence-electron chi connectivity index (χ1n) is 14.6. The van der Waals surface area contributed by atoms with Crippen molar-refractivity contribution in [3.8, 4) is 17.2 Å². The maximum Gasteiger partial charge on any atom is 0.264 e. The molecule has 1 N–H and O–H groups in total. The quantitative estimate of drug-likeness (QED) is 0.255. The van der Waals surface area contributed by atoms with Crippen molar-refractivity contribution in [1.82, 2.24) is 10.2 Å². The first kappa shape index (κ1) is 34.2. The molecule has 2 amide bonds. The highest BCUT2D eigenvalue weighted by Gasteiger charge is 2.34. The van der Waals surface area contributed by atoms with Crippen molar-refractivity contribution in [2.75, 3.05) is 31.7 Å². The van der Waals surface area contributed by atoms with E-state index in [4.69, 9.17) is 14.2 Å². The molecule has 0 bridgehead atoms. The Kier molecular flexibility index (Phi) is 12.0. The highest BCUT2D eigenvalue weighted by molar-refractivity contribution is 7.92. The zero-order chi connectivity index (χ0) is 32.4. The molecule has 0 aliphatic heterocycles. The lowest BCUT2D eigenvalue weighted by Crippen LogP contribution is -2.53. The number of carbonyl (C=O) groups is 2. The van der Waals surface area contributed by atoms with E-state index in [-0.39, 0.29) is 34.8 Å². The number of carbonyl (C=O) groups excluding carboxylic acids is 2. The molecule has 0 saturated carbocycles. The maximum absolute atomic E-state index is 14.2. The van der Waals surface area contributed by atoms with E-state index in [1.807, 2.05) is 58.9 Å². The number of nitrogens with one attached hydrogen (secondary N) is 1. The van der Waals surface area contributed by atoms with Crippen LogP contribution < -0.4 is 23.8 Å². The Bertz CT molecular complexity index is 1520. The van der Waals surface area contributed by atoms with Gasteiger partial charge in [-0.3, -0.25) is 13.9 Å². The largest absolute Gasteiger partial charge is 0.494 e. The van der Waals surface area contributed by atoms with Gasteiger partial charge in [0, 0.05) is 18.7 Å².